The van der Waals surface area contributed by atoms with Crippen LogP contribution in [-0.2, 0) is 13.0 Å². The molecule has 3 aromatic heterocycles. The van der Waals surface area contributed by atoms with Gasteiger partial charge in [-0.1, -0.05) is 18.2 Å². The zero-order chi connectivity index (χ0) is 22.3. The standard InChI is InChI=1S/C21H16FN3O5S/c1-10-16-19(31-17(10)18(23)26)24-15(8-11-4-2-3-5-13(11)22)25(20(16)27)9-12-6-7-14(30-12)21(28)29/h2-7H,8-9H2,1H3,(H2,23,26)(H,28,29). The molecular formula is C21H16FN3O5S. The number of rotatable bonds is 6. The van der Waals surface area contributed by atoms with E-state index in [0.717, 1.165) is 11.3 Å². The fraction of sp³-hybridized carbons (Fsp3) is 0.143. The second-order valence-electron chi connectivity index (χ2n) is 6.86. The second kappa shape index (κ2) is 7.80. The molecule has 158 valence electrons. The van der Waals surface area contributed by atoms with Gasteiger partial charge in [-0.05, 0) is 36.2 Å². The Hall–Kier alpha value is -3.79. The van der Waals surface area contributed by atoms with Gasteiger partial charge in [-0.3, -0.25) is 14.2 Å². The van der Waals surface area contributed by atoms with E-state index in [1.807, 2.05) is 0 Å². The molecule has 8 nitrogen and oxygen atoms in total. The number of halogens is 1. The summed E-state index contributed by atoms with van der Waals surface area (Å²) in [4.78, 5) is 41.3. The summed E-state index contributed by atoms with van der Waals surface area (Å²) in [6.45, 7) is 1.50. The Labute approximate surface area is 178 Å². The van der Waals surface area contributed by atoms with Crippen molar-refractivity contribution in [1.82, 2.24) is 9.55 Å². The number of hydrogen-bond donors (Lipinski definition) is 2. The van der Waals surface area contributed by atoms with Crippen LogP contribution in [0.5, 0.6) is 0 Å². The molecule has 3 heterocycles. The van der Waals surface area contributed by atoms with Crippen molar-refractivity contribution < 1.29 is 23.5 Å². The Morgan fingerprint density at radius 1 is 1.26 bits per heavy atom. The van der Waals surface area contributed by atoms with Crippen LogP contribution in [0.4, 0.5) is 4.39 Å². The van der Waals surface area contributed by atoms with E-state index in [9.17, 15) is 18.8 Å². The number of nitrogens with zero attached hydrogens (tertiary/aromatic N) is 2. The van der Waals surface area contributed by atoms with Crippen molar-refractivity contribution in [1.29, 1.82) is 0 Å². The van der Waals surface area contributed by atoms with Gasteiger partial charge in [0, 0.05) is 6.42 Å². The highest BCUT2D eigenvalue weighted by Gasteiger charge is 2.22. The summed E-state index contributed by atoms with van der Waals surface area (Å²) in [6, 6.07) is 8.85. The molecule has 1 amide bonds. The number of carbonyl (C=O) groups is 2. The van der Waals surface area contributed by atoms with E-state index in [1.165, 1.54) is 22.8 Å². The van der Waals surface area contributed by atoms with Gasteiger partial charge in [-0.2, -0.15) is 0 Å². The summed E-state index contributed by atoms with van der Waals surface area (Å²) in [7, 11) is 0. The molecule has 3 N–H and O–H groups in total. The Morgan fingerprint density at radius 2 is 2.00 bits per heavy atom. The van der Waals surface area contributed by atoms with E-state index in [-0.39, 0.29) is 40.6 Å². The zero-order valence-corrected chi connectivity index (χ0v) is 17.0. The molecule has 0 unspecified atom stereocenters. The molecule has 0 aliphatic heterocycles. The van der Waals surface area contributed by atoms with E-state index in [2.05, 4.69) is 4.98 Å². The van der Waals surface area contributed by atoms with Crippen molar-refractivity contribution in [2.45, 2.75) is 19.9 Å². The number of aromatic nitrogens is 2. The van der Waals surface area contributed by atoms with Crippen LogP contribution in [-0.4, -0.2) is 26.5 Å². The van der Waals surface area contributed by atoms with Crippen molar-refractivity contribution in [2.24, 2.45) is 5.73 Å². The predicted molar refractivity (Wildman–Crippen MR) is 111 cm³/mol. The monoisotopic (exact) mass is 441 g/mol. The maximum atomic E-state index is 14.3. The van der Waals surface area contributed by atoms with E-state index in [1.54, 1.807) is 25.1 Å². The largest absolute Gasteiger partial charge is 0.475 e. The van der Waals surface area contributed by atoms with E-state index < -0.39 is 23.3 Å². The van der Waals surface area contributed by atoms with Crippen LogP contribution in [0.1, 0.15) is 42.9 Å². The molecular weight excluding hydrogens is 425 g/mol. The minimum atomic E-state index is -1.24. The minimum Gasteiger partial charge on any atom is -0.475 e. The molecule has 0 bridgehead atoms. The Balaban J connectivity index is 1.91. The van der Waals surface area contributed by atoms with Gasteiger partial charge in [0.1, 0.15) is 22.2 Å². The normalized spacial score (nSPS) is 11.2. The molecule has 0 aliphatic rings. The topological polar surface area (TPSA) is 128 Å². The Morgan fingerprint density at radius 3 is 2.65 bits per heavy atom. The third-order valence-electron chi connectivity index (χ3n) is 4.85. The summed E-state index contributed by atoms with van der Waals surface area (Å²) >= 11 is 1.00. The van der Waals surface area contributed by atoms with Gasteiger partial charge in [-0.15, -0.1) is 11.3 Å². The van der Waals surface area contributed by atoms with Gasteiger partial charge in [-0.25, -0.2) is 14.2 Å². The smallest absolute Gasteiger partial charge is 0.371 e. The fourth-order valence-electron chi connectivity index (χ4n) is 3.34. The molecule has 0 spiro atoms. The van der Waals surface area contributed by atoms with Gasteiger partial charge in [0.05, 0.1) is 16.8 Å². The Kier molecular flexibility index (Phi) is 5.15. The highest BCUT2D eigenvalue weighted by molar-refractivity contribution is 7.20. The number of furan rings is 1. The first-order valence-corrected chi connectivity index (χ1v) is 9.96. The molecule has 0 radical (unpaired) electrons. The average molecular weight is 441 g/mol. The fourth-order valence-corrected chi connectivity index (χ4v) is 4.38. The number of carboxylic acid groups (broad SMARTS) is 1. The number of carbonyl (C=O) groups excluding carboxylic acids is 1. The van der Waals surface area contributed by atoms with Crippen molar-refractivity contribution >= 4 is 33.4 Å². The molecule has 10 heteroatoms. The summed E-state index contributed by atoms with van der Waals surface area (Å²) in [5.74, 6) is -2.16. The quantitative estimate of drug-likeness (QED) is 0.473. The number of benzene rings is 1. The maximum Gasteiger partial charge on any atom is 0.371 e. The number of primary amides is 1. The van der Waals surface area contributed by atoms with Crippen LogP contribution in [0.25, 0.3) is 10.2 Å². The van der Waals surface area contributed by atoms with Crippen LogP contribution < -0.4 is 11.3 Å². The summed E-state index contributed by atoms with van der Waals surface area (Å²) < 4.78 is 20.8. The number of fused-ring (bicyclic) bond motifs is 1. The van der Waals surface area contributed by atoms with Crippen molar-refractivity contribution in [3.63, 3.8) is 0 Å². The van der Waals surface area contributed by atoms with Gasteiger partial charge in [0.15, 0.2) is 0 Å². The van der Waals surface area contributed by atoms with Crippen molar-refractivity contribution in [3.05, 3.63) is 85.9 Å². The minimum absolute atomic E-state index is 0.00714. The molecule has 1 aromatic carbocycles. The lowest BCUT2D eigenvalue weighted by Gasteiger charge is -2.12. The molecule has 4 aromatic rings. The van der Waals surface area contributed by atoms with E-state index >= 15 is 0 Å². The van der Waals surface area contributed by atoms with Crippen molar-refractivity contribution in [2.75, 3.05) is 0 Å². The van der Waals surface area contributed by atoms with Gasteiger partial charge >= 0.3 is 5.97 Å². The third kappa shape index (κ3) is 3.73. The second-order valence-corrected chi connectivity index (χ2v) is 7.86. The van der Waals surface area contributed by atoms with Gasteiger partial charge in [0.25, 0.3) is 11.5 Å². The number of thiophene rings is 1. The third-order valence-corrected chi connectivity index (χ3v) is 6.05. The lowest BCUT2D eigenvalue weighted by molar-refractivity contribution is 0.0660. The molecule has 0 saturated carbocycles. The lowest BCUT2D eigenvalue weighted by atomic mass is 10.1. The van der Waals surface area contributed by atoms with Crippen LogP contribution in [0.2, 0.25) is 0 Å². The van der Waals surface area contributed by atoms with Gasteiger partial charge < -0.3 is 15.3 Å². The highest BCUT2D eigenvalue weighted by Crippen LogP contribution is 2.28. The van der Waals surface area contributed by atoms with Crippen LogP contribution in [0, 0.1) is 12.7 Å². The first-order valence-electron chi connectivity index (χ1n) is 9.14. The number of nitrogens with two attached hydrogens (primary N) is 1. The highest BCUT2D eigenvalue weighted by atomic mass is 32.1. The maximum absolute atomic E-state index is 14.3. The number of aromatic carboxylic acids is 1. The number of carboxylic acids is 1. The Bertz CT molecular complexity index is 1400. The first kappa shape index (κ1) is 20.5. The molecule has 4 rings (SSSR count). The van der Waals surface area contributed by atoms with Crippen LogP contribution in [0.3, 0.4) is 0 Å². The SMILES string of the molecule is Cc1c(C(N)=O)sc2nc(Cc3ccccc3F)n(Cc3ccc(C(=O)O)o3)c(=O)c12. The number of amides is 1. The van der Waals surface area contributed by atoms with Crippen LogP contribution >= 0.6 is 11.3 Å². The first-order chi connectivity index (χ1) is 14.8. The summed E-state index contributed by atoms with van der Waals surface area (Å²) in [5.41, 5.74) is 5.71. The average Bonchev–Trinajstić information content (AvgIpc) is 3.31. The molecule has 31 heavy (non-hydrogen) atoms. The van der Waals surface area contributed by atoms with E-state index in [0.29, 0.717) is 16.0 Å². The molecule has 0 saturated heterocycles. The van der Waals surface area contributed by atoms with Gasteiger partial charge in [0.2, 0.25) is 5.76 Å². The summed E-state index contributed by atoms with van der Waals surface area (Å²) in [6.07, 6.45) is 0.00714. The summed E-state index contributed by atoms with van der Waals surface area (Å²) in [5, 5.41) is 9.31. The number of aryl methyl sites for hydroxylation is 1. The van der Waals surface area contributed by atoms with Crippen molar-refractivity contribution in [3.8, 4) is 0 Å². The lowest BCUT2D eigenvalue weighted by Crippen LogP contribution is -2.26. The molecule has 0 atom stereocenters. The predicted octanol–water partition coefficient (Wildman–Crippen LogP) is 2.93. The van der Waals surface area contributed by atoms with E-state index in [4.69, 9.17) is 15.3 Å². The molecule has 0 fully saturated rings. The zero-order valence-electron chi connectivity index (χ0n) is 16.2. The van der Waals surface area contributed by atoms with Crippen LogP contribution in [0.15, 0.2) is 45.6 Å². The molecule has 0 aliphatic carbocycles. The number of hydrogen-bond acceptors (Lipinski definition) is 6.